The molecule has 0 atom stereocenters. The third-order valence-electron chi connectivity index (χ3n) is 4.53. The van der Waals surface area contributed by atoms with Crippen LogP contribution < -0.4 is 0 Å². The van der Waals surface area contributed by atoms with Crippen LogP contribution in [0.5, 0.6) is 0 Å². The molecule has 0 spiro atoms. The number of nitrogens with zero attached hydrogens (tertiary/aromatic N) is 3. The zero-order chi connectivity index (χ0) is 13.9. The molecule has 0 radical (unpaired) electrons. The van der Waals surface area contributed by atoms with E-state index in [-0.39, 0.29) is 0 Å². The molecule has 3 heteroatoms. The average Bonchev–Trinajstić information content (AvgIpc) is 2.91. The van der Waals surface area contributed by atoms with Crippen molar-refractivity contribution in [1.29, 1.82) is 0 Å². The zero-order valence-electron chi connectivity index (χ0n) is 12.7. The van der Waals surface area contributed by atoms with Crippen molar-refractivity contribution in [1.82, 2.24) is 14.3 Å². The molecule has 0 bridgehead atoms. The second-order valence-corrected chi connectivity index (χ2v) is 6.06. The Bertz CT molecular complexity index is 565. The summed E-state index contributed by atoms with van der Waals surface area (Å²) in [6.45, 7) is 8.15. The summed E-state index contributed by atoms with van der Waals surface area (Å²) in [6, 6.07) is 4.24. The van der Waals surface area contributed by atoms with E-state index in [1.165, 1.54) is 56.6 Å². The van der Waals surface area contributed by atoms with E-state index in [0.717, 1.165) is 5.65 Å². The van der Waals surface area contributed by atoms with Crippen molar-refractivity contribution in [3.8, 4) is 0 Å². The lowest BCUT2D eigenvalue weighted by Gasteiger charge is -2.31. The molecule has 2 aromatic heterocycles. The summed E-state index contributed by atoms with van der Waals surface area (Å²) in [5, 5.41) is 0. The highest BCUT2D eigenvalue weighted by Gasteiger charge is 2.22. The van der Waals surface area contributed by atoms with Crippen LogP contribution >= 0.6 is 0 Å². The average molecular weight is 271 g/mol. The fraction of sp³-hybridized carbons (Fsp3) is 0.588. The number of hydrogen-bond donors (Lipinski definition) is 0. The highest BCUT2D eigenvalue weighted by molar-refractivity contribution is 5.48. The standard InChI is InChI=1S/C17H25N3/c1-3-4-9-19-11-7-15(8-12-19)16-13-20-10-5-6-14(2)17(20)18-16/h5-6,10,13,15H,3-4,7-9,11-12H2,1-2H3. The summed E-state index contributed by atoms with van der Waals surface area (Å²) in [7, 11) is 0. The van der Waals surface area contributed by atoms with Crippen LogP contribution in [-0.4, -0.2) is 33.9 Å². The van der Waals surface area contributed by atoms with Gasteiger partial charge in [-0.3, -0.25) is 0 Å². The van der Waals surface area contributed by atoms with E-state index in [9.17, 15) is 0 Å². The van der Waals surface area contributed by atoms with Gasteiger partial charge in [-0.2, -0.15) is 0 Å². The van der Waals surface area contributed by atoms with E-state index >= 15 is 0 Å². The van der Waals surface area contributed by atoms with Crippen molar-refractivity contribution in [3.63, 3.8) is 0 Å². The molecule has 0 unspecified atom stereocenters. The molecule has 3 rings (SSSR count). The number of aromatic nitrogens is 2. The summed E-state index contributed by atoms with van der Waals surface area (Å²) in [5.41, 5.74) is 3.67. The van der Waals surface area contributed by atoms with Crippen LogP contribution in [0.15, 0.2) is 24.5 Å². The lowest BCUT2D eigenvalue weighted by Crippen LogP contribution is -2.33. The maximum Gasteiger partial charge on any atom is 0.139 e. The summed E-state index contributed by atoms with van der Waals surface area (Å²) in [5.74, 6) is 0.646. The van der Waals surface area contributed by atoms with Crippen molar-refractivity contribution in [3.05, 3.63) is 35.8 Å². The van der Waals surface area contributed by atoms with Crippen LogP contribution in [0.1, 0.15) is 49.8 Å². The van der Waals surface area contributed by atoms with Crippen LogP contribution in [0, 0.1) is 6.92 Å². The Morgan fingerprint density at radius 3 is 2.80 bits per heavy atom. The predicted molar refractivity (Wildman–Crippen MR) is 83.3 cm³/mol. The van der Waals surface area contributed by atoms with Crippen molar-refractivity contribution in [2.45, 2.75) is 45.4 Å². The maximum absolute atomic E-state index is 4.87. The predicted octanol–water partition coefficient (Wildman–Crippen LogP) is 3.62. The topological polar surface area (TPSA) is 20.5 Å². The van der Waals surface area contributed by atoms with E-state index in [1.807, 2.05) is 0 Å². The molecular formula is C17H25N3. The van der Waals surface area contributed by atoms with Gasteiger partial charge in [0.1, 0.15) is 5.65 Å². The summed E-state index contributed by atoms with van der Waals surface area (Å²) < 4.78 is 2.17. The van der Waals surface area contributed by atoms with E-state index in [4.69, 9.17) is 4.98 Å². The van der Waals surface area contributed by atoms with Gasteiger partial charge in [0.2, 0.25) is 0 Å². The molecule has 0 aliphatic carbocycles. The molecule has 20 heavy (non-hydrogen) atoms. The molecule has 1 aliphatic rings. The molecular weight excluding hydrogens is 246 g/mol. The van der Waals surface area contributed by atoms with Gasteiger partial charge >= 0.3 is 0 Å². The van der Waals surface area contributed by atoms with Gasteiger partial charge in [0.05, 0.1) is 5.69 Å². The van der Waals surface area contributed by atoms with Crippen molar-refractivity contribution in [2.24, 2.45) is 0 Å². The van der Waals surface area contributed by atoms with Gasteiger partial charge in [-0.15, -0.1) is 0 Å². The van der Waals surface area contributed by atoms with E-state index in [1.54, 1.807) is 0 Å². The summed E-state index contributed by atoms with van der Waals surface area (Å²) in [4.78, 5) is 7.48. The molecule has 1 aliphatic heterocycles. The fourth-order valence-electron chi connectivity index (χ4n) is 3.20. The number of imidazole rings is 1. The minimum Gasteiger partial charge on any atom is -0.307 e. The Kier molecular flexibility index (Phi) is 4.06. The van der Waals surface area contributed by atoms with E-state index in [0.29, 0.717) is 5.92 Å². The minimum atomic E-state index is 0.646. The van der Waals surface area contributed by atoms with Gasteiger partial charge < -0.3 is 9.30 Å². The van der Waals surface area contributed by atoms with Crippen molar-refractivity contribution < 1.29 is 0 Å². The summed E-state index contributed by atoms with van der Waals surface area (Å²) in [6.07, 6.45) is 9.48. The number of rotatable bonds is 4. The van der Waals surface area contributed by atoms with Gasteiger partial charge in [-0.25, -0.2) is 4.98 Å². The molecule has 0 N–H and O–H groups in total. The molecule has 1 fully saturated rings. The number of fused-ring (bicyclic) bond motifs is 1. The van der Waals surface area contributed by atoms with Gasteiger partial charge in [0, 0.05) is 18.3 Å². The Hall–Kier alpha value is -1.35. The first-order chi connectivity index (χ1) is 9.78. The maximum atomic E-state index is 4.87. The first-order valence-electron chi connectivity index (χ1n) is 7.94. The number of pyridine rings is 1. The van der Waals surface area contributed by atoms with Gasteiger partial charge in [0.15, 0.2) is 0 Å². The molecule has 3 nitrogen and oxygen atoms in total. The van der Waals surface area contributed by atoms with Crippen LogP contribution in [0.2, 0.25) is 0 Å². The normalized spacial score (nSPS) is 17.9. The smallest absolute Gasteiger partial charge is 0.139 e. The molecule has 3 heterocycles. The molecule has 1 saturated heterocycles. The number of unbranched alkanes of at least 4 members (excludes halogenated alkanes) is 1. The molecule has 0 amide bonds. The fourth-order valence-corrected chi connectivity index (χ4v) is 3.20. The lowest BCUT2D eigenvalue weighted by atomic mass is 9.94. The SMILES string of the molecule is CCCCN1CCC(c2cn3cccc(C)c3n2)CC1. The third kappa shape index (κ3) is 2.73. The van der Waals surface area contributed by atoms with Crippen LogP contribution in [0.25, 0.3) is 5.65 Å². The van der Waals surface area contributed by atoms with Crippen LogP contribution in [-0.2, 0) is 0 Å². The largest absolute Gasteiger partial charge is 0.307 e. The number of piperidine rings is 1. The highest BCUT2D eigenvalue weighted by atomic mass is 15.1. The van der Waals surface area contributed by atoms with Crippen molar-refractivity contribution >= 4 is 5.65 Å². The molecule has 2 aromatic rings. The van der Waals surface area contributed by atoms with Crippen LogP contribution in [0.4, 0.5) is 0 Å². The first-order valence-corrected chi connectivity index (χ1v) is 7.94. The number of aryl methyl sites for hydroxylation is 1. The van der Waals surface area contributed by atoms with Crippen molar-refractivity contribution in [2.75, 3.05) is 19.6 Å². The Balaban J connectivity index is 1.69. The molecule has 0 saturated carbocycles. The molecule has 108 valence electrons. The van der Waals surface area contributed by atoms with Gasteiger partial charge in [-0.1, -0.05) is 19.4 Å². The van der Waals surface area contributed by atoms with Gasteiger partial charge in [-0.05, 0) is 57.5 Å². The van der Waals surface area contributed by atoms with Gasteiger partial charge in [0.25, 0.3) is 0 Å². The third-order valence-corrected chi connectivity index (χ3v) is 4.53. The minimum absolute atomic E-state index is 0.646. The quantitative estimate of drug-likeness (QED) is 0.846. The number of likely N-dealkylation sites (tertiary alicyclic amines) is 1. The Morgan fingerprint density at radius 2 is 2.10 bits per heavy atom. The Morgan fingerprint density at radius 1 is 1.30 bits per heavy atom. The zero-order valence-corrected chi connectivity index (χ0v) is 12.7. The highest BCUT2D eigenvalue weighted by Crippen LogP contribution is 2.28. The Labute approximate surface area is 121 Å². The van der Waals surface area contributed by atoms with E-state index in [2.05, 4.69) is 47.7 Å². The first kappa shape index (κ1) is 13.6. The number of hydrogen-bond acceptors (Lipinski definition) is 2. The summed E-state index contributed by atoms with van der Waals surface area (Å²) >= 11 is 0. The molecule has 0 aromatic carbocycles. The lowest BCUT2D eigenvalue weighted by molar-refractivity contribution is 0.208. The second-order valence-electron chi connectivity index (χ2n) is 6.06. The monoisotopic (exact) mass is 271 g/mol. The van der Waals surface area contributed by atoms with Crippen LogP contribution in [0.3, 0.4) is 0 Å². The second kappa shape index (κ2) is 5.96. The van der Waals surface area contributed by atoms with E-state index < -0.39 is 0 Å².